The number of hydrogen-bond donors (Lipinski definition) is 0. The molecule has 1 aliphatic carbocycles. The van der Waals surface area contributed by atoms with Gasteiger partial charge < -0.3 is 4.90 Å². The predicted molar refractivity (Wildman–Crippen MR) is 79.0 cm³/mol. The van der Waals surface area contributed by atoms with Crippen molar-refractivity contribution in [3.63, 3.8) is 0 Å². The molecule has 3 rings (SSSR count). The molecular formula is C14H22N4OS. The fourth-order valence-corrected chi connectivity index (χ4v) is 3.90. The summed E-state index contributed by atoms with van der Waals surface area (Å²) in [5.74, 6) is 0.748. The highest BCUT2D eigenvalue weighted by molar-refractivity contribution is 7.07. The molecule has 1 aliphatic heterocycles. The normalized spacial score (nSPS) is 22.1. The van der Waals surface area contributed by atoms with Crippen LogP contribution in [0.15, 0.2) is 0 Å². The largest absolute Gasteiger partial charge is 0.334 e. The number of aryl methyl sites for hydroxylation is 1. The average Bonchev–Trinajstić information content (AvgIpc) is 2.94. The third-order valence-electron chi connectivity index (χ3n) is 4.40. The molecule has 1 aromatic rings. The average molecular weight is 294 g/mol. The summed E-state index contributed by atoms with van der Waals surface area (Å²) in [6, 6.07) is 0.754. The van der Waals surface area contributed by atoms with Crippen molar-refractivity contribution in [3.05, 3.63) is 10.8 Å². The van der Waals surface area contributed by atoms with Crippen LogP contribution in [0.5, 0.6) is 0 Å². The van der Waals surface area contributed by atoms with Crippen LogP contribution in [0.3, 0.4) is 0 Å². The first-order valence-electron chi connectivity index (χ1n) is 7.57. The van der Waals surface area contributed by atoms with Crippen LogP contribution >= 0.6 is 11.5 Å². The van der Waals surface area contributed by atoms with Crippen molar-refractivity contribution in [1.82, 2.24) is 19.2 Å². The highest BCUT2D eigenvalue weighted by Gasteiger charge is 2.28. The smallest absolute Gasteiger partial charge is 0.284 e. The Kier molecular flexibility index (Phi) is 4.31. The quantitative estimate of drug-likeness (QED) is 0.836. The van der Waals surface area contributed by atoms with E-state index < -0.39 is 0 Å². The predicted octanol–water partition coefficient (Wildman–Crippen LogP) is 1.94. The van der Waals surface area contributed by atoms with Crippen molar-refractivity contribution in [2.45, 2.75) is 45.1 Å². The molecule has 0 unspecified atom stereocenters. The second kappa shape index (κ2) is 6.18. The van der Waals surface area contributed by atoms with Gasteiger partial charge in [0.05, 0.1) is 0 Å². The van der Waals surface area contributed by atoms with Crippen molar-refractivity contribution >= 4 is 17.4 Å². The topological polar surface area (TPSA) is 49.3 Å². The summed E-state index contributed by atoms with van der Waals surface area (Å²) in [6.07, 6.45) is 6.81. The van der Waals surface area contributed by atoms with Crippen LogP contribution < -0.4 is 0 Å². The Morgan fingerprint density at radius 1 is 1.15 bits per heavy atom. The van der Waals surface area contributed by atoms with E-state index in [1.807, 2.05) is 11.8 Å². The van der Waals surface area contributed by atoms with E-state index in [1.54, 1.807) is 0 Å². The van der Waals surface area contributed by atoms with Gasteiger partial charge in [0.1, 0.15) is 5.82 Å². The minimum Gasteiger partial charge on any atom is -0.334 e. The molecule has 0 N–H and O–H groups in total. The Balaban J connectivity index is 1.54. The van der Waals surface area contributed by atoms with Gasteiger partial charge >= 0.3 is 0 Å². The first-order valence-corrected chi connectivity index (χ1v) is 8.35. The Morgan fingerprint density at radius 2 is 1.85 bits per heavy atom. The summed E-state index contributed by atoms with van der Waals surface area (Å²) in [7, 11) is 0. The summed E-state index contributed by atoms with van der Waals surface area (Å²) in [5.41, 5.74) is 0. The molecule has 1 saturated heterocycles. The molecule has 0 aromatic carbocycles. The van der Waals surface area contributed by atoms with E-state index in [4.69, 9.17) is 0 Å². The SMILES string of the molecule is Cc1nsc(C(=O)N2CCN(C3CCCCC3)CC2)n1. The molecular weight excluding hydrogens is 272 g/mol. The molecule has 2 aliphatic rings. The lowest BCUT2D eigenvalue weighted by atomic mass is 9.94. The maximum atomic E-state index is 12.3. The number of amides is 1. The van der Waals surface area contributed by atoms with Crippen molar-refractivity contribution in [2.75, 3.05) is 26.2 Å². The lowest BCUT2D eigenvalue weighted by Gasteiger charge is -2.40. The fourth-order valence-electron chi connectivity index (χ4n) is 3.26. The minimum absolute atomic E-state index is 0.0545. The Bertz CT molecular complexity index is 461. The number of nitrogens with zero attached hydrogens (tertiary/aromatic N) is 4. The minimum atomic E-state index is 0.0545. The van der Waals surface area contributed by atoms with Gasteiger partial charge in [-0.3, -0.25) is 9.69 Å². The Labute approximate surface area is 124 Å². The molecule has 0 spiro atoms. The number of hydrogen-bond acceptors (Lipinski definition) is 5. The second-order valence-corrected chi connectivity index (χ2v) is 6.52. The van der Waals surface area contributed by atoms with Crippen LogP contribution in [-0.4, -0.2) is 57.3 Å². The van der Waals surface area contributed by atoms with Gasteiger partial charge in [-0.15, -0.1) is 0 Å². The van der Waals surface area contributed by atoms with Crippen LogP contribution in [-0.2, 0) is 0 Å². The number of rotatable bonds is 2. The zero-order chi connectivity index (χ0) is 13.9. The van der Waals surface area contributed by atoms with E-state index in [0.717, 1.165) is 32.2 Å². The molecule has 1 saturated carbocycles. The summed E-state index contributed by atoms with van der Waals surface area (Å²) in [6.45, 7) is 5.50. The molecule has 1 aromatic heterocycles. The van der Waals surface area contributed by atoms with E-state index in [-0.39, 0.29) is 5.91 Å². The van der Waals surface area contributed by atoms with Crippen molar-refractivity contribution < 1.29 is 4.79 Å². The molecule has 5 nitrogen and oxygen atoms in total. The molecule has 110 valence electrons. The van der Waals surface area contributed by atoms with Gasteiger partial charge in [0.25, 0.3) is 5.91 Å². The van der Waals surface area contributed by atoms with E-state index in [1.165, 1.54) is 43.6 Å². The fraction of sp³-hybridized carbons (Fsp3) is 0.786. The summed E-state index contributed by atoms with van der Waals surface area (Å²) in [4.78, 5) is 21.0. The molecule has 1 amide bonds. The zero-order valence-electron chi connectivity index (χ0n) is 12.0. The maximum Gasteiger partial charge on any atom is 0.284 e. The van der Waals surface area contributed by atoms with Crippen LogP contribution in [0.1, 0.15) is 47.7 Å². The van der Waals surface area contributed by atoms with Gasteiger partial charge in [0.2, 0.25) is 5.01 Å². The van der Waals surface area contributed by atoms with Gasteiger partial charge in [0.15, 0.2) is 0 Å². The van der Waals surface area contributed by atoms with Crippen molar-refractivity contribution in [1.29, 1.82) is 0 Å². The first-order chi connectivity index (χ1) is 9.74. The summed E-state index contributed by atoms with van der Waals surface area (Å²) < 4.78 is 4.09. The highest BCUT2D eigenvalue weighted by atomic mass is 32.1. The van der Waals surface area contributed by atoms with Gasteiger partial charge in [-0.25, -0.2) is 4.98 Å². The Hall–Kier alpha value is -1.01. The molecule has 0 radical (unpaired) electrons. The standard InChI is InChI=1S/C14H22N4OS/c1-11-15-13(20-16-11)14(19)18-9-7-17(8-10-18)12-5-3-2-4-6-12/h12H,2-10H2,1H3. The monoisotopic (exact) mass is 294 g/mol. The highest BCUT2D eigenvalue weighted by Crippen LogP contribution is 2.23. The molecule has 6 heteroatoms. The van der Waals surface area contributed by atoms with Crippen molar-refractivity contribution in [3.8, 4) is 0 Å². The number of carbonyl (C=O) groups excluding carboxylic acids is 1. The number of piperazine rings is 1. The lowest BCUT2D eigenvalue weighted by molar-refractivity contribution is 0.0523. The van der Waals surface area contributed by atoms with Crippen LogP contribution in [0.25, 0.3) is 0 Å². The van der Waals surface area contributed by atoms with Crippen LogP contribution in [0.2, 0.25) is 0 Å². The zero-order valence-corrected chi connectivity index (χ0v) is 12.9. The van der Waals surface area contributed by atoms with Crippen LogP contribution in [0.4, 0.5) is 0 Å². The molecule has 2 fully saturated rings. The van der Waals surface area contributed by atoms with Crippen molar-refractivity contribution in [2.24, 2.45) is 0 Å². The van der Waals surface area contributed by atoms with Crippen LogP contribution in [0, 0.1) is 6.92 Å². The van der Waals surface area contributed by atoms with E-state index in [0.29, 0.717) is 10.8 Å². The second-order valence-electron chi connectivity index (χ2n) is 5.77. The van der Waals surface area contributed by atoms with E-state index in [9.17, 15) is 4.79 Å². The first kappa shape index (κ1) is 13.9. The van der Waals surface area contributed by atoms with Gasteiger partial charge in [-0.2, -0.15) is 4.37 Å². The van der Waals surface area contributed by atoms with Gasteiger partial charge in [-0.05, 0) is 31.3 Å². The maximum absolute atomic E-state index is 12.3. The number of aromatic nitrogens is 2. The van der Waals surface area contributed by atoms with Gasteiger partial charge in [0, 0.05) is 32.2 Å². The molecule has 0 atom stereocenters. The van der Waals surface area contributed by atoms with E-state index >= 15 is 0 Å². The molecule has 0 bridgehead atoms. The lowest BCUT2D eigenvalue weighted by Crippen LogP contribution is -2.52. The third kappa shape index (κ3) is 3.01. The van der Waals surface area contributed by atoms with Gasteiger partial charge in [-0.1, -0.05) is 19.3 Å². The summed E-state index contributed by atoms with van der Waals surface area (Å²) >= 11 is 1.21. The third-order valence-corrected chi connectivity index (χ3v) is 5.20. The Morgan fingerprint density at radius 3 is 2.45 bits per heavy atom. The molecule has 20 heavy (non-hydrogen) atoms. The number of carbonyl (C=O) groups is 1. The van der Waals surface area contributed by atoms with E-state index in [2.05, 4.69) is 14.3 Å². The summed E-state index contributed by atoms with van der Waals surface area (Å²) in [5, 5.41) is 0.536. The molecule has 2 heterocycles.